The van der Waals surface area contributed by atoms with Crippen molar-refractivity contribution in [1.82, 2.24) is 24.9 Å². The smallest absolute Gasteiger partial charge is 0.259 e. The van der Waals surface area contributed by atoms with Crippen LogP contribution in [0.15, 0.2) is 60.3 Å². The zero-order valence-electron chi connectivity index (χ0n) is 22.8. The highest BCUT2D eigenvalue weighted by Gasteiger charge is 2.20. The second-order valence-corrected chi connectivity index (χ2v) is 10.4. The summed E-state index contributed by atoms with van der Waals surface area (Å²) >= 11 is 1.22. The number of thiazole rings is 1. The number of allylic oxidation sites excluding steroid dienone is 2. The minimum absolute atomic E-state index is 0.281. The van der Waals surface area contributed by atoms with Crippen LogP contribution in [-0.4, -0.2) is 49.8 Å². The van der Waals surface area contributed by atoms with Crippen LogP contribution in [0.2, 0.25) is 0 Å². The van der Waals surface area contributed by atoms with Crippen molar-refractivity contribution < 1.29 is 14.3 Å². The first kappa shape index (κ1) is 27.1. The molecule has 0 atom stereocenters. The fourth-order valence-corrected chi connectivity index (χ4v) is 4.91. The molecule has 4 aromatic rings. The molecule has 11 heteroatoms. The van der Waals surface area contributed by atoms with Gasteiger partial charge in [0.25, 0.3) is 5.91 Å². The van der Waals surface area contributed by atoms with E-state index in [0.717, 1.165) is 35.6 Å². The van der Waals surface area contributed by atoms with Crippen LogP contribution in [0.3, 0.4) is 0 Å². The molecule has 4 heterocycles. The third kappa shape index (κ3) is 5.89. The number of methoxy groups -OCH3 is 1. The van der Waals surface area contributed by atoms with Gasteiger partial charge in [0.2, 0.25) is 0 Å². The van der Waals surface area contributed by atoms with Crippen molar-refractivity contribution in [3.8, 4) is 16.9 Å². The van der Waals surface area contributed by atoms with E-state index >= 15 is 0 Å². The van der Waals surface area contributed by atoms with Crippen molar-refractivity contribution in [2.45, 2.75) is 46.1 Å². The van der Waals surface area contributed by atoms with E-state index in [1.165, 1.54) is 17.8 Å². The highest BCUT2D eigenvalue weighted by molar-refractivity contribution is 7.21. The number of nitrogens with one attached hydrogen (secondary N) is 1. The van der Waals surface area contributed by atoms with Gasteiger partial charge in [-0.2, -0.15) is 4.98 Å². The fraction of sp³-hybridized carbons (Fsp3) is 0.276. The highest BCUT2D eigenvalue weighted by Crippen LogP contribution is 2.33. The number of rotatable bonds is 9. The van der Waals surface area contributed by atoms with Gasteiger partial charge in [0.15, 0.2) is 15.6 Å². The van der Waals surface area contributed by atoms with Crippen molar-refractivity contribution in [2.75, 3.05) is 12.4 Å². The number of fused-ring (bicyclic) bond motifs is 1. The van der Waals surface area contributed by atoms with Gasteiger partial charge in [-0.1, -0.05) is 17.9 Å². The number of nitrogens with zero attached hydrogens (tertiary/aromatic N) is 6. The van der Waals surface area contributed by atoms with Crippen molar-refractivity contribution in [2.24, 2.45) is 4.99 Å². The predicted octanol–water partition coefficient (Wildman–Crippen LogP) is 5.83. The highest BCUT2D eigenvalue weighted by atomic mass is 32.1. The van der Waals surface area contributed by atoms with E-state index in [9.17, 15) is 4.79 Å². The normalized spacial score (nSPS) is 14.1. The lowest BCUT2D eigenvalue weighted by atomic mass is 9.96. The number of hydrogen-bond acceptors (Lipinski definition) is 10. The lowest BCUT2D eigenvalue weighted by Crippen LogP contribution is -2.20. The van der Waals surface area contributed by atoms with Crippen LogP contribution >= 0.6 is 11.3 Å². The maximum Gasteiger partial charge on any atom is 0.259 e. The minimum Gasteiger partial charge on any atom is -0.494 e. The van der Waals surface area contributed by atoms with E-state index in [1.54, 1.807) is 38.0 Å². The monoisotopic (exact) mass is 555 g/mol. The molecule has 0 aliphatic heterocycles. The van der Waals surface area contributed by atoms with Crippen LogP contribution in [0.4, 0.5) is 5.13 Å². The minimum atomic E-state index is -0.362. The fourth-order valence-electron chi connectivity index (χ4n) is 4.11. The average Bonchev–Trinajstić information content (AvgIpc) is 3.32. The van der Waals surface area contributed by atoms with Crippen molar-refractivity contribution >= 4 is 38.6 Å². The number of anilines is 1. The Morgan fingerprint density at radius 2 is 1.85 bits per heavy atom. The summed E-state index contributed by atoms with van der Waals surface area (Å²) in [6.45, 7) is 9.50. The van der Waals surface area contributed by atoms with Crippen LogP contribution < -0.4 is 10.1 Å². The van der Waals surface area contributed by atoms with E-state index in [0.29, 0.717) is 43.9 Å². The van der Waals surface area contributed by atoms with Crippen LogP contribution in [0.1, 0.15) is 53.6 Å². The van der Waals surface area contributed by atoms with E-state index < -0.39 is 0 Å². The molecule has 0 aromatic carbocycles. The number of hydrogen-bond donors (Lipinski definition) is 1. The third-order valence-corrected chi connectivity index (χ3v) is 7.24. The molecule has 1 amide bonds. The second-order valence-electron chi connectivity index (χ2n) is 9.38. The summed E-state index contributed by atoms with van der Waals surface area (Å²) < 4.78 is 11.4. The number of aryl methyl sites for hydroxylation is 2. The van der Waals surface area contributed by atoms with E-state index in [1.807, 2.05) is 32.9 Å². The lowest BCUT2D eigenvalue weighted by Gasteiger charge is -2.26. The summed E-state index contributed by atoms with van der Waals surface area (Å²) in [5.74, 6) is 0.939. The Hall–Kier alpha value is -4.51. The molecule has 1 aliphatic rings. The van der Waals surface area contributed by atoms with Crippen molar-refractivity contribution in [1.29, 1.82) is 0 Å². The molecule has 10 nitrogen and oxygen atoms in total. The molecule has 204 valence electrons. The van der Waals surface area contributed by atoms with Crippen LogP contribution in [0.25, 0.3) is 21.6 Å². The average molecular weight is 556 g/mol. The number of aliphatic imine (C=N–C) groups is 1. The van der Waals surface area contributed by atoms with E-state index in [4.69, 9.17) is 9.47 Å². The van der Waals surface area contributed by atoms with Gasteiger partial charge in [-0.05, 0) is 58.2 Å². The van der Waals surface area contributed by atoms with Gasteiger partial charge < -0.3 is 9.47 Å². The quantitative estimate of drug-likeness (QED) is 0.202. The Morgan fingerprint density at radius 3 is 2.55 bits per heavy atom. The van der Waals surface area contributed by atoms with Crippen molar-refractivity contribution in [3.63, 3.8) is 0 Å². The molecule has 1 N–H and O–H groups in total. The van der Waals surface area contributed by atoms with Gasteiger partial charge in [-0.25, -0.2) is 9.97 Å². The van der Waals surface area contributed by atoms with Crippen LogP contribution in [0.5, 0.6) is 5.75 Å². The molecule has 0 bridgehead atoms. The maximum atomic E-state index is 13.4. The molecular weight excluding hydrogens is 526 g/mol. The van der Waals surface area contributed by atoms with Crippen LogP contribution in [-0.2, 0) is 4.74 Å². The molecule has 40 heavy (non-hydrogen) atoms. The summed E-state index contributed by atoms with van der Waals surface area (Å²) in [5, 5.41) is 3.24. The molecule has 5 rings (SSSR count). The summed E-state index contributed by atoms with van der Waals surface area (Å²) in [6, 6.07) is 3.73. The van der Waals surface area contributed by atoms with E-state index in [2.05, 4.69) is 41.8 Å². The Balaban J connectivity index is 1.40. The third-order valence-electron chi connectivity index (χ3n) is 6.39. The summed E-state index contributed by atoms with van der Waals surface area (Å²) in [4.78, 5) is 40.7. The topological polar surface area (TPSA) is 124 Å². The number of pyridine rings is 2. The number of amides is 1. The first-order valence-corrected chi connectivity index (χ1v) is 13.6. The molecule has 0 radical (unpaired) electrons. The zero-order valence-corrected chi connectivity index (χ0v) is 23.6. The summed E-state index contributed by atoms with van der Waals surface area (Å²) in [6.07, 6.45) is 11.7. The standard InChI is InChI=1S/C29H29N7O3S/c1-6-23(32-12-18(4)39-19-8-7-9-19)24-14-33-26-28(34-24)40-29(35-26)36-27(37)22-13-30-16(2)10-20(22)21-11-17(3)31-15-25(21)38-5/h6,10-15,19H,1,7-9H2,2-5H3,(H,33,35,36,37)/b18-12+,32-23?. The molecule has 4 aromatic heterocycles. The summed E-state index contributed by atoms with van der Waals surface area (Å²) in [5.41, 5.74) is 4.90. The van der Waals surface area contributed by atoms with Crippen LogP contribution in [0, 0.1) is 13.8 Å². The van der Waals surface area contributed by atoms with Gasteiger partial charge in [0.1, 0.15) is 17.2 Å². The predicted molar refractivity (Wildman–Crippen MR) is 156 cm³/mol. The van der Waals surface area contributed by atoms with Gasteiger partial charge in [-0.15, -0.1) is 0 Å². The Kier molecular flexibility index (Phi) is 7.92. The lowest BCUT2D eigenvalue weighted by molar-refractivity contribution is 0.0530. The van der Waals surface area contributed by atoms with Gasteiger partial charge in [0, 0.05) is 28.7 Å². The number of ether oxygens (including phenoxy) is 2. The molecule has 1 saturated carbocycles. The largest absolute Gasteiger partial charge is 0.494 e. The molecule has 0 saturated heterocycles. The summed E-state index contributed by atoms with van der Waals surface area (Å²) in [7, 11) is 1.57. The first-order valence-electron chi connectivity index (χ1n) is 12.8. The van der Waals surface area contributed by atoms with Gasteiger partial charge in [-0.3, -0.25) is 25.1 Å². The van der Waals surface area contributed by atoms with Crippen molar-refractivity contribution in [3.05, 3.63) is 78.0 Å². The Bertz CT molecular complexity index is 1660. The second kappa shape index (κ2) is 11.7. The number of aromatic nitrogens is 5. The Morgan fingerprint density at radius 1 is 1.10 bits per heavy atom. The van der Waals surface area contributed by atoms with Gasteiger partial charge >= 0.3 is 0 Å². The van der Waals surface area contributed by atoms with E-state index in [-0.39, 0.29) is 12.0 Å². The number of carbonyl (C=O) groups is 1. The molecule has 1 aliphatic carbocycles. The molecule has 0 unspecified atom stereocenters. The molecular formula is C29H29N7O3S. The maximum absolute atomic E-state index is 13.4. The number of carbonyl (C=O) groups excluding carboxylic acids is 1. The molecule has 1 fully saturated rings. The Labute approximate surface area is 236 Å². The SMILES string of the molecule is C=CC(=N/C=C(\C)OC1CCC1)c1cnc2nc(NC(=O)c3cnc(C)cc3-c3cc(C)ncc3OC)sc2n1. The molecule has 0 spiro atoms. The first-order chi connectivity index (χ1) is 19.3. The zero-order chi connectivity index (χ0) is 28.2. The van der Waals surface area contributed by atoms with Gasteiger partial charge in [0.05, 0.1) is 43.1 Å².